The molecule has 6 heteroatoms. The number of rotatable bonds is 7. The summed E-state index contributed by atoms with van der Waals surface area (Å²) in [4.78, 5) is 24.0. The maximum absolute atomic E-state index is 12.1. The van der Waals surface area contributed by atoms with Gasteiger partial charge in [-0.05, 0) is 42.3 Å². The predicted molar refractivity (Wildman–Crippen MR) is 101 cm³/mol. The molecule has 0 aliphatic heterocycles. The van der Waals surface area contributed by atoms with E-state index in [1.54, 1.807) is 16.9 Å². The van der Waals surface area contributed by atoms with Crippen molar-refractivity contribution in [2.24, 2.45) is 0 Å². The molecule has 0 bridgehead atoms. The maximum Gasteiger partial charge on any atom is 0.307 e. The zero-order valence-electron chi connectivity index (χ0n) is 15.1. The molecule has 3 aromatic rings. The number of nitrogens with one attached hydrogen (secondary N) is 1. The molecule has 1 heterocycles. The molecule has 0 radical (unpaired) electrons. The molecule has 2 aromatic carbocycles. The fourth-order valence-electron chi connectivity index (χ4n) is 2.60. The highest BCUT2D eigenvalue weighted by Crippen LogP contribution is 2.10. The van der Waals surface area contributed by atoms with Gasteiger partial charge in [0.25, 0.3) is 5.91 Å². The number of carbonyl (C=O) groups excluding carboxylic acids is 2. The van der Waals surface area contributed by atoms with E-state index in [2.05, 4.69) is 10.4 Å². The number of amides is 1. The molecule has 0 aliphatic rings. The van der Waals surface area contributed by atoms with Crippen molar-refractivity contribution in [2.75, 3.05) is 6.54 Å². The van der Waals surface area contributed by atoms with Crippen LogP contribution in [0.2, 0.25) is 0 Å². The normalized spacial score (nSPS) is 10.4. The molecular formula is C21H21N3O3. The van der Waals surface area contributed by atoms with Crippen LogP contribution in [-0.4, -0.2) is 28.2 Å². The van der Waals surface area contributed by atoms with Crippen LogP contribution >= 0.6 is 0 Å². The van der Waals surface area contributed by atoms with E-state index < -0.39 is 0 Å². The second-order valence-electron chi connectivity index (χ2n) is 6.10. The number of hydrogen-bond donors (Lipinski definition) is 1. The molecular weight excluding hydrogens is 342 g/mol. The van der Waals surface area contributed by atoms with Crippen molar-refractivity contribution in [3.63, 3.8) is 0 Å². The highest BCUT2D eigenvalue weighted by molar-refractivity contribution is 5.95. The van der Waals surface area contributed by atoms with Crippen molar-refractivity contribution in [3.05, 3.63) is 83.7 Å². The summed E-state index contributed by atoms with van der Waals surface area (Å²) in [7, 11) is 0. The lowest BCUT2D eigenvalue weighted by atomic mass is 10.1. The third kappa shape index (κ3) is 5.04. The number of benzene rings is 2. The van der Waals surface area contributed by atoms with Gasteiger partial charge in [-0.3, -0.25) is 9.59 Å². The molecule has 1 N–H and O–H groups in total. The molecule has 0 spiro atoms. The van der Waals surface area contributed by atoms with Gasteiger partial charge in [0.15, 0.2) is 0 Å². The van der Waals surface area contributed by atoms with E-state index in [9.17, 15) is 9.59 Å². The molecule has 0 atom stereocenters. The molecule has 6 nitrogen and oxygen atoms in total. The van der Waals surface area contributed by atoms with Gasteiger partial charge >= 0.3 is 5.97 Å². The van der Waals surface area contributed by atoms with Gasteiger partial charge in [-0.15, -0.1) is 0 Å². The van der Waals surface area contributed by atoms with Crippen LogP contribution in [0.3, 0.4) is 0 Å². The monoisotopic (exact) mass is 363 g/mol. The highest BCUT2D eigenvalue weighted by Gasteiger charge is 2.09. The Morgan fingerprint density at radius 3 is 2.56 bits per heavy atom. The van der Waals surface area contributed by atoms with E-state index in [1.165, 1.54) is 0 Å². The molecule has 0 saturated heterocycles. The van der Waals surface area contributed by atoms with E-state index in [0.717, 1.165) is 16.8 Å². The summed E-state index contributed by atoms with van der Waals surface area (Å²) >= 11 is 0. The minimum absolute atomic E-state index is 0.128. The first-order valence-electron chi connectivity index (χ1n) is 8.72. The average molecular weight is 363 g/mol. The van der Waals surface area contributed by atoms with Crippen LogP contribution in [0.25, 0.3) is 5.69 Å². The number of aryl methyl sites for hydroxylation is 1. The molecule has 27 heavy (non-hydrogen) atoms. The Hall–Kier alpha value is -3.41. The van der Waals surface area contributed by atoms with E-state index in [1.807, 2.05) is 61.7 Å². The fourth-order valence-corrected chi connectivity index (χ4v) is 2.60. The maximum atomic E-state index is 12.1. The Morgan fingerprint density at radius 1 is 1.07 bits per heavy atom. The zero-order chi connectivity index (χ0) is 19.1. The van der Waals surface area contributed by atoms with Crippen LogP contribution in [0, 0.1) is 6.92 Å². The Balaban J connectivity index is 1.41. The predicted octanol–water partition coefficient (Wildman–Crippen LogP) is 3.04. The summed E-state index contributed by atoms with van der Waals surface area (Å²) in [6, 6.07) is 16.8. The van der Waals surface area contributed by atoms with E-state index in [0.29, 0.717) is 5.56 Å². The van der Waals surface area contributed by atoms with Crippen LogP contribution in [0.15, 0.2) is 67.0 Å². The van der Waals surface area contributed by atoms with Crippen molar-refractivity contribution in [1.82, 2.24) is 15.1 Å². The lowest BCUT2D eigenvalue weighted by molar-refractivity contribution is -0.144. The third-order valence-corrected chi connectivity index (χ3v) is 4.11. The first kappa shape index (κ1) is 18.4. The van der Waals surface area contributed by atoms with Crippen molar-refractivity contribution in [2.45, 2.75) is 20.0 Å². The van der Waals surface area contributed by atoms with Crippen LogP contribution < -0.4 is 5.32 Å². The topological polar surface area (TPSA) is 73.2 Å². The van der Waals surface area contributed by atoms with Crippen molar-refractivity contribution < 1.29 is 14.3 Å². The van der Waals surface area contributed by atoms with Crippen LogP contribution in [0.5, 0.6) is 0 Å². The second-order valence-corrected chi connectivity index (χ2v) is 6.10. The SMILES string of the molecule is Cc1ccccc1C(=O)NCCC(=O)OCc1ccc(-n2cccn2)cc1. The van der Waals surface area contributed by atoms with Crippen molar-refractivity contribution >= 4 is 11.9 Å². The Morgan fingerprint density at radius 2 is 1.85 bits per heavy atom. The molecule has 0 fully saturated rings. The fraction of sp³-hybridized carbons (Fsp3) is 0.190. The number of aromatic nitrogens is 2. The lowest BCUT2D eigenvalue weighted by Crippen LogP contribution is -2.27. The average Bonchev–Trinajstić information content (AvgIpc) is 3.22. The highest BCUT2D eigenvalue weighted by atomic mass is 16.5. The van der Waals surface area contributed by atoms with E-state index in [4.69, 9.17) is 4.74 Å². The van der Waals surface area contributed by atoms with Gasteiger partial charge in [0.05, 0.1) is 12.1 Å². The molecule has 3 rings (SSSR count). The molecule has 0 aliphatic carbocycles. The van der Waals surface area contributed by atoms with Gasteiger partial charge in [0, 0.05) is 24.5 Å². The molecule has 138 valence electrons. The Kier molecular flexibility index (Phi) is 5.99. The van der Waals surface area contributed by atoms with E-state index in [-0.39, 0.29) is 31.4 Å². The van der Waals surface area contributed by atoms with Gasteiger partial charge in [0.1, 0.15) is 6.61 Å². The van der Waals surface area contributed by atoms with E-state index >= 15 is 0 Å². The second kappa shape index (κ2) is 8.80. The summed E-state index contributed by atoms with van der Waals surface area (Å²) in [6.45, 7) is 2.31. The van der Waals surface area contributed by atoms with Gasteiger partial charge < -0.3 is 10.1 Å². The molecule has 1 aromatic heterocycles. The Bertz CT molecular complexity index is 903. The zero-order valence-corrected chi connectivity index (χ0v) is 15.1. The summed E-state index contributed by atoms with van der Waals surface area (Å²) in [5.41, 5.74) is 3.34. The number of hydrogen-bond acceptors (Lipinski definition) is 4. The van der Waals surface area contributed by atoms with Gasteiger partial charge in [-0.2, -0.15) is 5.10 Å². The summed E-state index contributed by atoms with van der Waals surface area (Å²) < 4.78 is 7.01. The molecule has 1 amide bonds. The van der Waals surface area contributed by atoms with Gasteiger partial charge in [-0.1, -0.05) is 30.3 Å². The number of carbonyl (C=O) groups is 2. The quantitative estimate of drug-likeness (QED) is 0.655. The smallest absolute Gasteiger partial charge is 0.307 e. The summed E-state index contributed by atoms with van der Waals surface area (Å²) in [5.74, 6) is -0.536. The Labute approximate surface area is 157 Å². The summed E-state index contributed by atoms with van der Waals surface area (Å²) in [6.07, 6.45) is 3.71. The third-order valence-electron chi connectivity index (χ3n) is 4.11. The molecule has 0 unspecified atom stereocenters. The minimum atomic E-state index is -0.351. The van der Waals surface area contributed by atoms with Crippen molar-refractivity contribution in [3.8, 4) is 5.69 Å². The minimum Gasteiger partial charge on any atom is -0.461 e. The largest absolute Gasteiger partial charge is 0.461 e. The summed E-state index contributed by atoms with van der Waals surface area (Å²) in [5, 5.41) is 6.90. The first-order chi connectivity index (χ1) is 13.1. The van der Waals surface area contributed by atoms with Crippen molar-refractivity contribution in [1.29, 1.82) is 0 Å². The van der Waals surface area contributed by atoms with Crippen LogP contribution in [-0.2, 0) is 16.1 Å². The van der Waals surface area contributed by atoms with Gasteiger partial charge in [0.2, 0.25) is 0 Å². The molecule has 0 saturated carbocycles. The lowest BCUT2D eigenvalue weighted by Gasteiger charge is -2.08. The van der Waals surface area contributed by atoms with Gasteiger partial charge in [-0.25, -0.2) is 4.68 Å². The first-order valence-corrected chi connectivity index (χ1v) is 8.72. The van der Waals surface area contributed by atoms with Crippen LogP contribution in [0.4, 0.5) is 0 Å². The standard InChI is InChI=1S/C21H21N3O3/c1-16-5-2-3-6-19(16)21(26)22-13-11-20(25)27-15-17-7-9-18(10-8-17)24-14-4-12-23-24/h2-10,12,14H,11,13,15H2,1H3,(H,22,26). The number of ether oxygens (including phenoxy) is 1. The van der Waals surface area contributed by atoms with Crippen LogP contribution in [0.1, 0.15) is 27.9 Å². The number of esters is 1. The number of nitrogens with zero attached hydrogens (tertiary/aromatic N) is 2.